The van der Waals surface area contributed by atoms with Gasteiger partial charge in [-0.2, -0.15) is 0 Å². The number of hydrogen-bond donors (Lipinski definition) is 0. The SMILES string of the molecule is CCCCCCCCC(=O)C1c2ccccc2C(C(=O)OC)=CN1C(=O)OC. The summed E-state index contributed by atoms with van der Waals surface area (Å²) in [6.45, 7) is 2.17. The molecule has 1 aromatic rings. The molecule has 152 valence electrons. The molecular formula is C22H29NO5. The van der Waals surface area contributed by atoms with Gasteiger partial charge in [-0.3, -0.25) is 9.69 Å². The number of benzene rings is 1. The van der Waals surface area contributed by atoms with Gasteiger partial charge in [0.15, 0.2) is 5.78 Å². The van der Waals surface area contributed by atoms with Crippen LogP contribution in [0.3, 0.4) is 0 Å². The summed E-state index contributed by atoms with van der Waals surface area (Å²) >= 11 is 0. The molecule has 0 bridgehead atoms. The van der Waals surface area contributed by atoms with E-state index in [2.05, 4.69) is 6.92 Å². The van der Waals surface area contributed by atoms with Crippen molar-refractivity contribution in [3.8, 4) is 0 Å². The maximum absolute atomic E-state index is 13.0. The van der Waals surface area contributed by atoms with E-state index >= 15 is 0 Å². The second-order valence-electron chi connectivity index (χ2n) is 6.89. The number of unbranched alkanes of at least 4 members (excludes halogenated alkanes) is 5. The molecule has 1 aliphatic rings. The summed E-state index contributed by atoms with van der Waals surface area (Å²) < 4.78 is 9.70. The standard InChI is InChI=1S/C22H29NO5/c1-4-5-6-7-8-9-14-19(24)20-17-13-11-10-12-16(17)18(21(25)27-2)15-23(20)22(26)28-3/h10-13,15,20H,4-9,14H2,1-3H3. The fraction of sp³-hybridized carbons (Fsp3) is 0.500. The van der Waals surface area contributed by atoms with Crippen LogP contribution in [0.15, 0.2) is 30.5 Å². The maximum Gasteiger partial charge on any atom is 0.414 e. The Bertz CT molecular complexity index is 740. The van der Waals surface area contributed by atoms with E-state index in [4.69, 9.17) is 9.47 Å². The van der Waals surface area contributed by atoms with Crippen LogP contribution in [0.1, 0.15) is 69.0 Å². The molecule has 0 saturated heterocycles. The topological polar surface area (TPSA) is 72.9 Å². The van der Waals surface area contributed by atoms with E-state index in [0.29, 0.717) is 17.5 Å². The van der Waals surface area contributed by atoms with Crippen molar-refractivity contribution in [1.82, 2.24) is 4.90 Å². The summed E-state index contributed by atoms with van der Waals surface area (Å²) in [5.41, 5.74) is 1.45. The average molecular weight is 387 g/mol. The third-order valence-electron chi connectivity index (χ3n) is 4.96. The van der Waals surface area contributed by atoms with E-state index in [9.17, 15) is 14.4 Å². The Hall–Kier alpha value is -2.63. The number of ether oxygens (including phenoxy) is 2. The summed E-state index contributed by atoms with van der Waals surface area (Å²) in [4.78, 5) is 38.8. The van der Waals surface area contributed by atoms with Gasteiger partial charge in [0.05, 0.1) is 19.8 Å². The maximum atomic E-state index is 13.0. The largest absolute Gasteiger partial charge is 0.465 e. The highest BCUT2D eigenvalue weighted by Gasteiger charge is 2.37. The van der Waals surface area contributed by atoms with E-state index in [0.717, 1.165) is 19.3 Å². The van der Waals surface area contributed by atoms with Gasteiger partial charge in [-0.25, -0.2) is 9.59 Å². The van der Waals surface area contributed by atoms with E-state index in [-0.39, 0.29) is 11.4 Å². The monoisotopic (exact) mass is 387 g/mol. The Morgan fingerprint density at radius 1 is 0.964 bits per heavy atom. The van der Waals surface area contributed by atoms with Gasteiger partial charge in [-0.1, -0.05) is 63.3 Å². The quantitative estimate of drug-likeness (QED) is 0.456. The van der Waals surface area contributed by atoms with Gasteiger partial charge in [-0.05, 0) is 17.5 Å². The van der Waals surface area contributed by atoms with Crippen LogP contribution in [0.4, 0.5) is 4.79 Å². The van der Waals surface area contributed by atoms with Crippen molar-refractivity contribution >= 4 is 23.4 Å². The van der Waals surface area contributed by atoms with Gasteiger partial charge in [0.25, 0.3) is 0 Å². The Morgan fingerprint density at radius 2 is 1.64 bits per heavy atom. The predicted molar refractivity (Wildman–Crippen MR) is 106 cm³/mol. The smallest absolute Gasteiger partial charge is 0.414 e. The second-order valence-corrected chi connectivity index (χ2v) is 6.89. The highest BCUT2D eigenvalue weighted by atomic mass is 16.5. The molecule has 28 heavy (non-hydrogen) atoms. The molecule has 2 rings (SSSR count). The molecule has 0 spiro atoms. The molecule has 1 amide bonds. The van der Waals surface area contributed by atoms with Crippen LogP contribution in [0, 0.1) is 0 Å². The van der Waals surface area contributed by atoms with Crippen molar-refractivity contribution < 1.29 is 23.9 Å². The lowest BCUT2D eigenvalue weighted by Crippen LogP contribution is -2.38. The number of esters is 1. The third kappa shape index (κ3) is 5.00. The minimum absolute atomic E-state index is 0.0616. The zero-order valence-electron chi connectivity index (χ0n) is 16.9. The highest BCUT2D eigenvalue weighted by Crippen LogP contribution is 2.37. The summed E-state index contributed by atoms with van der Waals surface area (Å²) in [5, 5.41) is 0. The zero-order chi connectivity index (χ0) is 20.5. The molecule has 0 fully saturated rings. The lowest BCUT2D eigenvalue weighted by Gasteiger charge is -2.33. The predicted octanol–water partition coefficient (Wildman–Crippen LogP) is 4.64. The lowest BCUT2D eigenvalue weighted by atomic mass is 9.87. The van der Waals surface area contributed by atoms with Crippen LogP contribution in [0.5, 0.6) is 0 Å². The summed E-state index contributed by atoms with van der Waals surface area (Å²) in [5.74, 6) is -0.628. The highest BCUT2D eigenvalue weighted by molar-refractivity contribution is 6.18. The number of amides is 1. The van der Waals surface area contributed by atoms with Gasteiger partial charge in [0.1, 0.15) is 6.04 Å². The molecule has 1 unspecified atom stereocenters. The van der Waals surface area contributed by atoms with Crippen LogP contribution in [0.25, 0.3) is 5.57 Å². The van der Waals surface area contributed by atoms with Crippen molar-refractivity contribution in [3.05, 3.63) is 41.6 Å². The molecular weight excluding hydrogens is 358 g/mol. The summed E-state index contributed by atoms with van der Waals surface area (Å²) in [6, 6.07) is 6.31. The van der Waals surface area contributed by atoms with E-state index in [1.165, 1.54) is 44.6 Å². The van der Waals surface area contributed by atoms with Crippen LogP contribution in [-0.2, 0) is 19.1 Å². The summed E-state index contributed by atoms with van der Waals surface area (Å²) in [7, 11) is 2.54. The number of nitrogens with zero attached hydrogens (tertiary/aromatic N) is 1. The number of carbonyl (C=O) groups excluding carboxylic acids is 3. The Labute approximate surface area is 166 Å². The number of ketones is 1. The second kappa shape index (κ2) is 10.6. The van der Waals surface area contributed by atoms with Gasteiger partial charge in [-0.15, -0.1) is 0 Å². The van der Waals surface area contributed by atoms with Crippen LogP contribution >= 0.6 is 0 Å². The molecule has 1 aromatic carbocycles. The number of carbonyl (C=O) groups is 3. The first-order valence-corrected chi connectivity index (χ1v) is 9.83. The molecule has 6 nitrogen and oxygen atoms in total. The fourth-order valence-corrected chi connectivity index (χ4v) is 3.49. The Morgan fingerprint density at radius 3 is 2.32 bits per heavy atom. The van der Waals surface area contributed by atoms with Crippen molar-refractivity contribution in [2.45, 2.75) is 57.9 Å². The number of methoxy groups -OCH3 is 2. The van der Waals surface area contributed by atoms with Crippen molar-refractivity contribution in [2.24, 2.45) is 0 Å². The molecule has 1 aliphatic heterocycles. The minimum Gasteiger partial charge on any atom is -0.465 e. The number of rotatable bonds is 9. The first kappa shape index (κ1) is 21.7. The van der Waals surface area contributed by atoms with E-state index in [1.807, 2.05) is 0 Å². The molecule has 6 heteroatoms. The van der Waals surface area contributed by atoms with E-state index in [1.54, 1.807) is 24.3 Å². The van der Waals surface area contributed by atoms with Crippen molar-refractivity contribution in [1.29, 1.82) is 0 Å². The molecule has 0 radical (unpaired) electrons. The van der Waals surface area contributed by atoms with Gasteiger partial charge < -0.3 is 9.47 Å². The number of hydrogen-bond acceptors (Lipinski definition) is 5. The Balaban J connectivity index is 2.25. The zero-order valence-corrected chi connectivity index (χ0v) is 16.9. The summed E-state index contributed by atoms with van der Waals surface area (Å²) in [6.07, 6.45) is 7.50. The van der Waals surface area contributed by atoms with E-state index < -0.39 is 18.1 Å². The van der Waals surface area contributed by atoms with Crippen LogP contribution in [0.2, 0.25) is 0 Å². The molecule has 0 aromatic heterocycles. The first-order chi connectivity index (χ1) is 13.5. The molecule has 0 aliphatic carbocycles. The molecule has 0 N–H and O–H groups in total. The first-order valence-electron chi connectivity index (χ1n) is 9.83. The fourth-order valence-electron chi connectivity index (χ4n) is 3.49. The molecule has 1 heterocycles. The number of fused-ring (bicyclic) bond motifs is 1. The normalized spacial score (nSPS) is 15.5. The van der Waals surface area contributed by atoms with Crippen molar-refractivity contribution in [3.63, 3.8) is 0 Å². The molecule has 1 atom stereocenters. The number of Topliss-reactive ketones (excluding diaryl/α,β-unsaturated/α-hetero) is 1. The average Bonchev–Trinajstić information content (AvgIpc) is 2.73. The Kier molecular flexibility index (Phi) is 8.23. The molecule has 0 saturated carbocycles. The minimum atomic E-state index is -0.798. The van der Waals surface area contributed by atoms with Gasteiger partial charge in [0.2, 0.25) is 0 Å². The van der Waals surface area contributed by atoms with Gasteiger partial charge >= 0.3 is 12.1 Å². The van der Waals surface area contributed by atoms with Crippen LogP contribution < -0.4 is 0 Å². The lowest BCUT2D eigenvalue weighted by molar-refractivity contribution is -0.134. The van der Waals surface area contributed by atoms with Crippen molar-refractivity contribution in [2.75, 3.05) is 14.2 Å². The third-order valence-corrected chi connectivity index (χ3v) is 4.96. The van der Waals surface area contributed by atoms with Crippen LogP contribution in [-0.4, -0.2) is 37.0 Å². The van der Waals surface area contributed by atoms with Gasteiger partial charge in [0, 0.05) is 12.6 Å².